The van der Waals surface area contributed by atoms with Gasteiger partial charge in [-0.2, -0.15) is 0 Å². The molecule has 1 aromatic carbocycles. The number of β-lactam (4-membered cyclic amide) rings is 1. The molecule has 0 saturated carbocycles. The maximum atomic E-state index is 13.0. The van der Waals surface area contributed by atoms with Gasteiger partial charge in [-0.1, -0.05) is 24.3 Å². The first kappa shape index (κ1) is 23.2. The molecule has 170 valence electrons. The second-order valence-electron chi connectivity index (χ2n) is 6.96. The second-order valence-corrected chi connectivity index (χ2v) is 8.07. The Labute approximate surface area is 188 Å². The van der Waals surface area contributed by atoms with Crippen molar-refractivity contribution in [3.63, 3.8) is 0 Å². The molecular formula is C21H23N3O7S. The fraction of sp³-hybridized carbons (Fsp3) is 0.333. The summed E-state index contributed by atoms with van der Waals surface area (Å²) in [6.45, 7) is 3.47. The summed E-state index contributed by atoms with van der Waals surface area (Å²) in [5, 5.41) is 23.6. The molecule has 11 heteroatoms. The van der Waals surface area contributed by atoms with Gasteiger partial charge >= 0.3 is 12.1 Å². The lowest BCUT2D eigenvalue weighted by molar-refractivity contribution is -0.150. The number of carboxylic acid groups (broad SMARTS) is 1. The number of hydrogen-bond acceptors (Lipinski definition) is 7. The number of carbonyl (C=O) groups excluding carboxylic acids is 3. The van der Waals surface area contributed by atoms with Crippen molar-refractivity contribution in [2.45, 2.75) is 31.3 Å². The molecule has 3 atom stereocenters. The summed E-state index contributed by atoms with van der Waals surface area (Å²) in [6.07, 6.45) is 2.53. The standard InChI is InChI=1S/C21H23N3O7S/c1-3-5-12-10-32-19-15(18(27)24(19)16(12)20(28)29)22-17(26)14(23-21(30)31-4-2)11-6-8-13(25)9-7-11/h3,5-9,14-15,19,25H,4,10H2,1-2H3,(H,22,26)(H,23,30)(H,28,29)/b5-3-/t14-,15-,19-/m1/s1. The van der Waals surface area contributed by atoms with Crippen LogP contribution in [0.3, 0.4) is 0 Å². The van der Waals surface area contributed by atoms with Gasteiger partial charge in [0.1, 0.15) is 28.9 Å². The van der Waals surface area contributed by atoms with E-state index < -0.39 is 41.3 Å². The summed E-state index contributed by atoms with van der Waals surface area (Å²) in [5.74, 6) is -2.07. The van der Waals surface area contributed by atoms with Crippen molar-refractivity contribution < 1.29 is 34.1 Å². The highest BCUT2D eigenvalue weighted by molar-refractivity contribution is 8.00. The molecule has 0 aliphatic carbocycles. The minimum Gasteiger partial charge on any atom is -0.508 e. The van der Waals surface area contributed by atoms with E-state index in [2.05, 4.69) is 10.6 Å². The summed E-state index contributed by atoms with van der Waals surface area (Å²) in [5.41, 5.74) is 0.794. The van der Waals surface area contributed by atoms with Crippen molar-refractivity contribution in [2.24, 2.45) is 0 Å². The largest absolute Gasteiger partial charge is 0.508 e. The van der Waals surface area contributed by atoms with Gasteiger partial charge in [0.25, 0.3) is 5.91 Å². The molecular weight excluding hydrogens is 438 g/mol. The molecule has 2 aliphatic heterocycles. The number of ether oxygens (including phenoxy) is 1. The molecule has 10 nitrogen and oxygen atoms in total. The Balaban J connectivity index is 1.80. The van der Waals surface area contributed by atoms with Gasteiger partial charge in [-0.15, -0.1) is 11.8 Å². The normalized spacial score (nSPS) is 20.9. The average molecular weight is 461 g/mol. The van der Waals surface area contributed by atoms with Gasteiger partial charge in [0.15, 0.2) is 0 Å². The summed E-state index contributed by atoms with van der Waals surface area (Å²) in [4.78, 5) is 50.6. The van der Waals surface area contributed by atoms with E-state index in [0.717, 1.165) is 0 Å². The maximum absolute atomic E-state index is 13.0. The highest BCUT2D eigenvalue weighted by Crippen LogP contribution is 2.40. The van der Waals surface area contributed by atoms with E-state index in [0.29, 0.717) is 16.9 Å². The Morgan fingerprint density at radius 2 is 2.00 bits per heavy atom. The quantitative estimate of drug-likeness (QED) is 0.447. The number of nitrogens with zero attached hydrogens (tertiary/aromatic N) is 1. The summed E-state index contributed by atoms with van der Waals surface area (Å²) >= 11 is 1.34. The lowest BCUT2D eigenvalue weighted by atomic mass is 10.0. The van der Waals surface area contributed by atoms with Crippen LogP contribution in [0.5, 0.6) is 5.75 Å². The Hall–Kier alpha value is -3.47. The van der Waals surface area contributed by atoms with Crippen LogP contribution in [0.1, 0.15) is 25.5 Å². The number of carbonyl (C=O) groups is 4. The Kier molecular flexibility index (Phi) is 7.08. The summed E-state index contributed by atoms with van der Waals surface area (Å²) < 4.78 is 4.86. The van der Waals surface area contributed by atoms with Crippen LogP contribution in [0.4, 0.5) is 4.79 Å². The molecule has 3 rings (SSSR count). The second kappa shape index (κ2) is 9.77. The van der Waals surface area contributed by atoms with Crippen molar-refractivity contribution in [3.8, 4) is 5.75 Å². The van der Waals surface area contributed by atoms with Gasteiger partial charge in [0, 0.05) is 5.75 Å². The smallest absolute Gasteiger partial charge is 0.408 e. The molecule has 3 amide bonds. The molecule has 0 bridgehead atoms. The van der Waals surface area contributed by atoms with E-state index >= 15 is 0 Å². The van der Waals surface area contributed by atoms with Crippen LogP contribution < -0.4 is 10.6 Å². The number of rotatable bonds is 7. The molecule has 4 N–H and O–H groups in total. The minimum absolute atomic E-state index is 0.0163. The lowest BCUT2D eigenvalue weighted by Gasteiger charge is -2.49. The molecule has 2 aliphatic rings. The third-order valence-corrected chi connectivity index (χ3v) is 6.19. The third-order valence-electron chi connectivity index (χ3n) is 4.89. The molecule has 1 fully saturated rings. The number of phenols is 1. The zero-order valence-electron chi connectivity index (χ0n) is 17.4. The first-order valence-corrected chi connectivity index (χ1v) is 10.9. The molecule has 1 aromatic rings. The van der Waals surface area contributed by atoms with Gasteiger partial charge in [0.05, 0.1) is 6.61 Å². The number of allylic oxidation sites excluding steroid dienone is 2. The molecule has 2 heterocycles. The van der Waals surface area contributed by atoms with Gasteiger partial charge in [-0.25, -0.2) is 9.59 Å². The number of aliphatic carboxylic acids is 1. The number of thioether (sulfide) groups is 1. The number of nitrogens with one attached hydrogen (secondary N) is 2. The SMILES string of the molecule is C/C=C\C1=C(C(=O)O)N2C(=O)[C@@H](NC(=O)[C@H](NC(=O)OCC)c3ccc(O)cc3)[C@H]2SC1. The Bertz CT molecular complexity index is 990. The fourth-order valence-electron chi connectivity index (χ4n) is 3.47. The van der Waals surface area contributed by atoms with E-state index in [-0.39, 0.29) is 18.1 Å². The first-order valence-electron chi connectivity index (χ1n) is 9.84. The molecule has 32 heavy (non-hydrogen) atoms. The summed E-state index contributed by atoms with van der Waals surface area (Å²) in [6, 6.07) is 3.52. The van der Waals surface area contributed by atoms with Gasteiger partial charge in [-0.05, 0) is 37.1 Å². The molecule has 0 radical (unpaired) electrons. The molecule has 0 aromatic heterocycles. The summed E-state index contributed by atoms with van der Waals surface area (Å²) in [7, 11) is 0. The van der Waals surface area contributed by atoms with Crippen LogP contribution in [0, 0.1) is 0 Å². The van der Waals surface area contributed by atoms with Crippen LogP contribution in [0.15, 0.2) is 47.7 Å². The number of phenolic OH excluding ortho intramolecular Hbond substituents is 1. The molecule has 0 unspecified atom stereocenters. The van der Waals surface area contributed by atoms with Crippen LogP contribution in [0.2, 0.25) is 0 Å². The van der Waals surface area contributed by atoms with Gasteiger partial charge < -0.3 is 25.6 Å². The molecule has 1 saturated heterocycles. The highest BCUT2D eigenvalue weighted by Gasteiger charge is 2.54. The minimum atomic E-state index is -1.22. The van der Waals surface area contributed by atoms with Crippen LogP contribution in [-0.4, -0.2) is 62.8 Å². The number of benzene rings is 1. The van der Waals surface area contributed by atoms with Crippen molar-refractivity contribution in [3.05, 3.63) is 53.3 Å². The lowest BCUT2D eigenvalue weighted by Crippen LogP contribution is -2.71. The number of carboxylic acids is 1. The highest BCUT2D eigenvalue weighted by atomic mass is 32.2. The van der Waals surface area contributed by atoms with Crippen molar-refractivity contribution in [1.29, 1.82) is 0 Å². The van der Waals surface area contributed by atoms with E-state index in [1.165, 1.54) is 40.9 Å². The zero-order chi connectivity index (χ0) is 23.4. The number of amides is 3. The van der Waals surface area contributed by atoms with Crippen molar-refractivity contribution in [1.82, 2.24) is 15.5 Å². The Morgan fingerprint density at radius 1 is 1.31 bits per heavy atom. The van der Waals surface area contributed by atoms with Crippen molar-refractivity contribution in [2.75, 3.05) is 12.4 Å². The zero-order valence-corrected chi connectivity index (χ0v) is 18.2. The van der Waals surface area contributed by atoms with Gasteiger partial charge in [0.2, 0.25) is 5.91 Å². The van der Waals surface area contributed by atoms with Crippen molar-refractivity contribution >= 4 is 35.6 Å². The third kappa shape index (κ3) is 4.57. The maximum Gasteiger partial charge on any atom is 0.408 e. The number of hydrogen-bond donors (Lipinski definition) is 4. The first-order chi connectivity index (χ1) is 15.3. The number of fused-ring (bicyclic) bond motifs is 1. The number of alkyl carbamates (subject to hydrolysis) is 1. The monoisotopic (exact) mass is 461 g/mol. The Morgan fingerprint density at radius 3 is 2.59 bits per heavy atom. The predicted octanol–water partition coefficient (Wildman–Crippen LogP) is 1.49. The van der Waals surface area contributed by atoms with Crippen LogP contribution in [-0.2, 0) is 19.1 Å². The van der Waals surface area contributed by atoms with E-state index in [4.69, 9.17) is 4.74 Å². The predicted molar refractivity (Wildman–Crippen MR) is 116 cm³/mol. The number of aromatic hydroxyl groups is 1. The van der Waals surface area contributed by atoms with E-state index in [1.807, 2.05) is 0 Å². The van der Waals surface area contributed by atoms with Crippen LogP contribution in [0.25, 0.3) is 0 Å². The van der Waals surface area contributed by atoms with E-state index in [1.54, 1.807) is 26.0 Å². The van der Waals surface area contributed by atoms with Crippen LogP contribution >= 0.6 is 11.8 Å². The van der Waals surface area contributed by atoms with E-state index in [9.17, 15) is 29.4 Å². The average Bonchev–Trinajstić information content (AvgIpc) is 2.76. The molecule has 0 spiro atoms. The fourth-order valence-corrected chi connectivity index (χ4v) is 4.79. The topological polar surface area (TPSA) is 145 Å². The van der Waals surface area contributed by atoms with Gasteiger partial charge in [-0.3, -0.25) is 14.5 Å².